The molecule has 0 aliphatic heterocycles. The molecular weight excluding hydrogens is 249 g/mol. The van der Waals surface area contributed by atoms with E-state index in [1.807, 2.05) is 6.07 Å². The summed E-state index contributed by atoms with van der Waals surface area (Å²) in [6, 6.07) is 5.33. The van der Waals surface area contributed by atoms with Gasteiger partial charge in [0.05, 0.1) is 5.56 Å². The fourth-order valence-corrected chi connectivity index (χ4v) is 4.05. The van der Waals surface area contributed by atoms with Crippen LogP contribution in [-0.2, 0) is 12.8 Å². The van der Waals surface area contributed by atoms with Crippen LogP contribution >= 0.6 is 0 Å². The number of halogens is 1. The Labute approximate surface area is 120 Å². The third-order valence-electron chi connectivity index (χ3n) is 5.40. The third-order valence-corrected chi connectivity index (χ3v) is 5.40. The maximum absolute atomic E-state index is 13.8. The lowest BCUT2D eigenvalue weighted by molar-refractivity contribution is 0.197. The van der Waals surface area contributed by atoms with Gasteiger partial charge in [0.25, 0.3) is 0 Å². The van der Waals surface area contributed by atoms with Gasteiger partial charge < -0.3 is 0 Å². The fourth-order valence-electron chi connectivity index (χ4n) is 4.05. The molecule has 2 heteroatoms. The van der Waals surface area contributed by atoms with Gasteiger partial charge in [-0.05, 0) is 73.1 Å². The van der Waals surface area contributed by atoms with Crippen LogP contribution in [0.15, 0.2) is 12.1 Å². The predicted octanol–water partition coefficient (Wildman–Crippen LogP) is 4.63. The van der Waals surface area contributed by atoms with E-state index in [1.54, 1.807) is 12.1 Å². The van der Waals surface area contributed by atoms with E-state index in [-0.39, 0.29) is 11.4 Å². The van der Waals surface area contributed by atoms with Crippen molar-refractivity contribution in [3.05, 3.63) is 34.6 Å². The van der Waals surface area contributed by atoms with Crippen LogP contribution in [0.5, 0.6) is 0 Å². The fraction of sp³-hybridized carbons (Fsp3) is 0.611. The molecule has 1 saturated carbocycles. The first-order chi connectivity index (χ1) is 9.67. The maximum atomic E-state index is 13.8. The van der Waals surface area contributed by atoms with Crippen molar-refractivity contribution in [2.75, 3.05) is 0 Å². The summed E-state index contributed by atoms with van der Waals surface area (Å²) in [7, 11) is 0. The molecule has 0 spiro atoms. The van der Waals surface area contributed by atoms with Gasteiger partial charge in [0.15, 0.2) is 0 Å². The highest BCUT2D eigenvalue weighted by Gasteiger charge is 2.29. The zero-order valence-corrected chi connectivity index (χ0v) is 12.2. The Morgan fingerprint density at radius 3 is 2.50 bits per heavy atom. The van der Waals surface area contributed by atoms with Gasteiger partial charge in [0.2, 0.25) is 0 Å². The van der Waals surface area contributed by atoms with E-state index in [9.17, 15) is 4.39 Å². The molecule has 1 fully saturated rings. The van der Waals surface area contributed by atoms with Gasteiger partial charge in [-0.25, -0.2) is 4.39 Å². The minimum Gasteiger partial charge on any atom is -0.206 e. The van der Waals surface area contributed by atoms with E-state index in [2.05, 4.69) is 6.92 Å². The summed E-state index contributed by atoms with van der Waals surface area (Å²) in [5.41, 5.74) is 2.55. The molecule has 0 amide bonds. The van der Waals surface area contributed by atoms with Crippen molar-refractivity contribution < 1.29 is 4.39 Å². The first kappa shape index (κ1) is 13.6. The summed E-state index contributed by atoms with van der Waals surface area (Å²) < 4.78 is 13.8. The average Bonchev–Trinajstić information content (AvgIpc) is 2.46. The molecule has 20 heavy (non-hydrogen) atoms. The van der Waals surface area contributed by atoms with Crippen LogP contribution in [-0.4, -0.2) is 0 Å². The maximum Gasteiger partial charge on any atom is 0.141 e. The van der Waals surface area contributed by atoms with Crippen molar-refractivity contribution in [2.24, 2.45) is 17.8 Å². The Morgan fingerprint density at radius 2 is 1.80 bits per heavy atom. The van der Waals surface area contributed by atoms with E-state index in [1.165, 1.54) is 37.7 Å². The molecular formula is C18H22FN. The van der Waals surface area contributed by atoms with Crippen molar-refractivity contribution in [1.82, 2.24) is 0 Å². The summed E-state index contributed by atoms with van der Waals surface area (Å²) in [6.07, 6.45) is 8.64. The number of fused-ring (bicyclic) bond motifs is 1. The van der Waals surface area contributed by atoms with Crippen LogP contribution in [0.1, 0.15) is 55.7 Å². The molecule has 2 aliphatic rings. The second kappa shape index (κ2) is 5.56. The molecule has 1 atom stereocenters. The number of nitrogens with zero attached hydrogens (tertiary/aromatic N) is 1. The second-order valence-electron chi connectivity index (χ2n) is 6.74. The Kier molecular flexibility index (Phi) is 3.78. The van der Waals surface area contributed by atoms with Crippen LogP contribution in [0.25, 0.3) is 0 Å². The lowest BCUT2D eigenvalue weighted by Gasteiger charge is -2.35. The molecule has 0 saturated heterocycles. The minimum atomic E-state index is -0.343. The minimum absolute atomic E-state index is 0.202. The first-order valence-corrected chi connectivity index (χ1v) is 7.88. The Morgan fingerprint density at radius 1 is 1.05 bits per heavy atom. The van der Waals surface area contributed by atoms with Crippen molar-refractivity contribution in [3.63, 3.8) is 0 Å². The van der Waals surface area contributed by atoms with Crippen molar-refractivity contribution in [2.45, 2.75) is 51.9 Å². The van der Waals surface area contributed by atoms with Crippen molar-refractivity contribution >= 4 is 0 Å². The highest BCUT2D eigenvalue weighted by molar-refractivity contribution is 5.40. The monoisotopic (exact) mass is 271 g/mol. The van der Waals surface area contributed by atoms with Crippen LogP contribution in [0, 0.1) is 34.9 Å². The number of aryl methyl sites for hydroxylation is 1. The van der Waals surface area contributed by atoms with Crippen LogP contribution < -0.4 is 0 Å². The second-order valence-corrected chi connectivity index (χ2v) is 6.74. The van der Waals surface area contributed by atoms with Gasteiger partial charge in [-0.15, -0.1) is 0 Å². The predicted molar refractivity (Wildman–Crippen MR) is 77.8 cm³/mol. The molecule has 0 aromatic heterocycles. The van der Waals surface area contributed by atoms with Gasteiger partial charge in [0.1, 0.15) is 11.9 Å². The molecule has 3 rings (SSSR count). The largest absolute Gasteiger partial charge is 0.206 e. The van der Waals surface area contributed by atoms with E-state index >= 15 is 0 Å². The summed E-state index contributed by atoms with van der Waals surface area (Å²) in [6.45, 7) is 2.35. The highest BCUT2D eigenvalue weighted by Crippen LogP contribution is 2.39. The van der Waals surface area contributed by atoms with Gasteiger partial charge in [-0.2, -0.15) is 5.26 Å². The lowest BCUT2D eigenvalue weighted by Crippen LogP contribution is -2.26. The Hall–Kier alpha value is -1.36. The Bertz CT molecular complexity index is 535. The molecule has 106 valence electrons. The summed E-state index contributed by atoms with van der Waals surface area (Å²) in [5.74, 6) is 2.10. The summed E-state index contributed by atoms with van der Waals surface area (Å²) in [4.78, 5) is 0. The summed E-state index contributed by atoms with van der Waals surface area (Å²) in [5, 5.41) is 8.91. The van der Waals surface area contributed by atoms with E-state index < -0.39 is 0 Å². The normalized spacial score (nSPS) is 29.6. The zero-order valence-electron chi connectivity index (χ0n) is 12.2. The third kappa shape index (κ3) is 2.59. The van der Waals surface area contributed by atoms with E-state index in [4.69, 9.17) is 5.26 Å². The molecule has 0 radical (unpaired) electrons. The first-order valence-electron chi connectivity index (χ1n) is 7.88. The molecule has 1 nitrogen and oxygen atoms in total. The lowest BCUT2D eigenvalue weighted by atomic mass is 9.70. The van der Waals surface area contributed by atoms with Gasteiger partial charge in [0, 0.05) is 0 Å². The van der Waals surface area contributed by atoms with Gasteiger partial charge in [-0.1, -0.05) is 19.8 Å². The van der Waals surface area contributed by atoms with Gasteiger partial charge >= 0.3 is 0 Å². The van der Waals surface area contributed by atoms with Crippen LogP contribution in [0.3, 0.4) is 0 Å². The summed E-state index contributed by atoms with van der Waals surface area (Å²) >= 11 is 0. The standard InChI is InChI=1S/C18H22FN/c1-12-2-4-13(5-3-12)14-6-7-15-9-17(11-20)18(19)10-16(15)8-14/h9-10,12-14H,2-8H2,1H3. The molecule has 0 heterocycles. The van der Waals surface area contributed by atoms with Crippen LogP contribution in [0.4, 0.5) is 4.39 Å². The number of hydrogen-bond donors (Lipinski definition) is 0. The number of rotatable bonds is 1. The number of hydrogen-bond acceptors (Lipinski definition) is 1. The molecule has 1 aromatic rings. The molecule has 0 N–H and O–H groups in total. The molecule has 1 aromatic carbocycles. The SMILES string of the molecule is CC1CCC(C2CCc3cc(C#N)c(F)cc3C2)CC1. The number of benzene rings is 1. The smallest absolute Gasteiger partial charge is 0.141 e. The molecule has 0 bridgehead atoms. The molecule has 2 aliphatic carbocycles. The highest BCUT2D eigenvalue weighted by atomic mass is 19.1. The topological polar surface area (TPSA) is 23.8 Å². The Balaban J connectivity index is 1.75. The van der Waals surface area contributed by atoms with Crippen LogP contribution in [0.2, 0.25) is 0 Å². The van der Waals surface area contributed by atoms with E-state index in [0.29, 0.717) is 0 Å². The van der Waals surface area contributed by atoms with Gasteiger partial charge in [-0.3, -0.25) is 0 Å². The quantitative estimate of drug-likeness (QED) is 0.730. The zero-order chi connectivity index (χ0) is 14.1. The number of nitriles is 1. The average molecular weight is 271 g/mol. The van der Waals surface area contributed by atoms with E-state index in [0.717, 1.165) is 36.2 Å². The van der Waals surface area contributed by atoms with Crippen molar-refractivity contribution in [1.29, 1.82) is 5.26 Å². The van der Waals surface area contributed by atoms with Crippen molar-refractivity contribution in [3.8, 4) is 6.07 Å². The molecule has 1 unspecified atom stereocenters.